The second-order valence-corrected chi connectivity index (χ2v) is 9.87. The highest BCUT2D eigenvalue weighted by Gasteiger charge is 2.48. The first-order valence-corrected chi connectivity index (χ1v) is 12.0. The predicted molar refractivity (Wildman–Crippen MR) is 122 cm³/mol. The van der Waals surface area contributed by atoms with Crippen LogP contribution in [0.1, 0.15) is 61.0 Å². The highest BCUT2D eigenvalue weighted by Crippen LogP contribution is 2.40. The number of ether oxygens (including phenoxy) is 1. The molecule has 37 heavy (non-hydrogen) atoms. The molecular weight excluding hydrogens is 502 g/mol. The monoisotopic (exact) mass is 530 g/mol. The quantitative estimate of drug-likeness (QED) is 0.437. The largest absolute Gasteiger partial charge is 0.416 e. The van der Waals surface area contributed by atoms with E-state index in [4.69, 9.17) is 4.74 Å². The van der Waals surface area contributed by atoms with Crippen molar-refractivity contribution in [2.75, 3.05) is 13.2 Å². The molecule has 3 N–H and O–H groups in total. The summed E-state index contributed by atoms with van der Waals surface area (Å²) in [4.78, 5) is 12.6. The van der Waals surface area contributed by atoms with Gasteiger partial charge in [-0.3, -0.25) is 4.79 Å². The average molecular weight is 531 g/mol. The number of hydrogen-bond acceptors (Lipinski definition) is 4. The Morgan fingerprint density at radius 2 is 1.65 bits per heavy atom. The van der Waals surface area contributed by atoms with Gasteiger partial charge in [-0.15, -0.1) is 0 Å². The van der Waals surface area contributed by atoms with Gasteiger partial charge < -0.3 is 20.5 Å². The molecular formula is C26H28F6N2O3. The summed E-state index contributed by atoms with van der Waals surface area (Å²) in [6.07, 6.45) is -8.97. The number of carbonyl (C=O) groups excluding carboxylic acids is 1. The van der Waals surface area contributed by atoms with E-state index in [2.05, 4.69) is 10.6 Å². The van der Waals surface area contributed by atoms with Crippen LogP contribution in [0.15, 0.2) is 48.5 Å². The summed E-state index contributed by atoms with van der Waals surface area (Å²) >= 11 is 0. The maximum absolute atomic E-state index is 13.3. The van der Waals surface area contributed by atoms with E-state index in [-0.39, 0.29) is 43.7 Å². The van der Waals surface area contributed by atoms with Gasteiger partial charge in [0.25, 0.3) is 5.91 Å². The van der Waals surface area contributed by atoms with E-state index in [0.29, 0.717) is 12.1 Å². The normalized spacial score (nSPS) is 25.5. The molecule has 2 aromatic carbocycles. The molecule has 1 aliphatic heterocycles. The van der Waals surface area contributed by atoms with Crippen LogP contribution in [0, 0.1) is 0 Å². The lowest BCUT2D eigenvalue weighted by Gasteiger charge is -2.45. The van der Waals surface area contributed by atoms with E-state index in [1.54, 1.807) is 18.2 Å². The third-order valence-electron chi connectivity index (χ3n) is 7.01. The fourth-order valence-electron chi connectivity index (χ4n) is 4.44. The van der Waals surface area contributed by atoms with Gasteiger partial charge in [-0.1, -0.05) is 30.3 Å². The molecule has 2 aliphatic rings. The van der Waals surface area contributed by atoms with Crippen molar-refractivity contribution in [2.24, 2.45) is 0 Å². The first kappa shape index (κ1) is 27.4. The highest BCUT2D eigenvalue weighted by atomic mass is 19.4. The molecule has 5 nitrogen and oxygen atoms in total. The minimum Gasteiger partial charge on any atom is -0.379 e. The van der Waals surface area contributed by atoms with Crippen molar-refractivity contribution in [1.29, 1.82) is 0 Å². The van der Waals surface area contributed by atoms with Crippen molar-refractivity contribution in [3.05, 3.63) is 70.8 Å². The Morgan fingerprint density at radius 1 is 1.05 bits per heavy atom. The first-order chi connectivity index (χ1) is 17.2. The number of halogens is 6. The van der Waals surface area contributed by atoms with Gasteiger partial charge >= 0.3 is 12.4 Å². The lowest BCUT2D eigenvalue weighted by molar-refractivity contribution is -0.145. The maximum Gasteiger partial charge on any atom is 0.416 e. The van der Waals surface area contributed by atoms with E-state index < -0.39 is 46.6 Å². The van der Waals surface area contributed by atoms with Crippen LogP contribution >= 0.6 is 0 Å². The second-order valence-electron chi connectivity index (χ2n) is 9.87. The molecule has 1 amide bonds. The summed E-state index contributed by atoms with van der Waals surface area (Å²) in [5.41, 5.74) is -4.89. The summed E-state index contributed by atoms with van der Waals surface area (Å²) in [5, 5.41) is 16.9. The Kier molecular flexibility index (Phi) is 7.35. The Morgan fingerprint density at radius 3 is 2.14 bits per heavy atom. The van der Waals surface area contributed by atoms with Crippen molar-refractivity contribution in [3.8, 4) is 0 Å². The van der Waals surface area contributed by atoms with E-state index in [0.717, 1.165) is 18.4 Å². The molecule has 1 heterocycles. The minimum absolute atomic E-state index is 0.0653. The van der Waals surface area contributed by atoms with Gasteiger partial charge in [0.05, 0.1) is 29.4 Å². The summed E-state index contributed by atoms with van der Waals surface area (Å²) in [6, 6.07) is 10.4. The van der Waals surface area contributed by atoms with Gasteiger partial charge in [0.15, 0.2) is 5.60 Å². The van der Waals surface area contributed by atoms with Crippen LogP contribution < -0.4 is 10.6 Å². The number of β-amino-alcohol motifs (C(OH)–C–C–N with tert-alkyl or cyclic N) is 1. The van der Waals surface area contributed by atoms with E-state index in [1.165, 1.54) is 6.92 Å². The Hall–Kier alpha value is -2.63. The van der Waals surface area contributed by atoms with Crippen LogP contribution in [-0.4, -0.2) is 35.8 Å². The molecule has 0 bridgehead atoms. The molecule has 3 atom stereocenters. The molecule has 11 heteroatoms. The fourth-order valence-corrected chi connectivity index (χ4v) is 4.44. The third-order valence-corrected chi connectivity index (χ3v) is 7.01. The van der Waals surface area contributed by atoms with Crippen molar-refractivity contribution in [2.45, 2.75) is 68.2 Å². The average Bonchev–Trinajstić information content (AvgIpc) is 3.67. The highest BCUT2D eigenvalue weighted by molar-refractivity contribution is 5.86. The lowest BCUT2D eigenvalue weighted by Crippen LogP contribution is -2.63. The third kappa shape index (κ3) is 6.27. The Labute approximate surface area is 210 Å². The molecule has 2 fully saturated rings. The minimum atomic E-state index is -4.96. The van der Waals surface area contributed by atoms with Crippen LogP contribution in [0.4, 0.5) is 26.3 Å². The number of piperidine rings is 1. The number of amides is 1. The van der Waals surface area contributed by atoms with E-state index >= 15 is 0 Å². The number of hydrogen-bond donors (Lipinski definition) is 3. The van der Waals surface area contributed by atoms with Crippen LogP contribution in [0.2, 0.25) is 0 Å². The van der Waals surface area contributed by atoms with Crippen molar-refractivity contribution in [3.63, 3.8) is 0 Å². The molecule has 202 valence electrons. The number of aliphatic hydroxyl groups is 1. The van der Waals surface area contributed by atoms with Crippen LogP contribution in [0.25, 0.3) is 0 Å². The van der Waals surface area contributed by atoms with E-state index in [9.17, 15) is 36.2 Å². The summed E-state index contributed by atoms with van der Waals surface area (Å²) in [5.74, 6) is -0.470. The zero-order valence-corrected chi connectivity index (χ0v) is 20.0. The van der Waals surface area contributed by atoms with Crippen LogP contribution in [0.3, 0.4) is 0 Å². The number of carbonyl (C=O) groups is 1. The predicted octanol–water partition coefficient (Wildman–Crippen LogP) is 5.09. The van der Waals surface area contributed by atoms with Gasteiger partial charge in [-0.25, -0.2) is 0 Å². The SMILES string of the molecule is C[C@@H](OC[C@@]1(c2ccccc2)CCC(O)(C(=O)NC2CC2)CN1)c1cc(C(F)(F)F)cc(C(F)(F)F)c1. The molecule has 4 rings (SSSR count). The van der Waals surface area contributed by atoms with Gasteiger partial charge in [-0.2, -0.15) is 26.3 Å². The smallest absolute Gasteiger partial charge is 0.379 e. The van der Waals surface area contributed by atoms with Gasteiger partial charge in [-0.05, 0) is 61.9 Å². The molecule has 1 saturated carbocycles. The topological polar surface area (TPSA) is 70.6 Å². The van der Waals surface area contributed by atoms with Gasteiger partial charge in [0.2, 0.25) is 0 Å². The van der Waals surface area contributed by atoms with Gasteiger partial charge in [0.1, 0.15) is 0 Å². The molecule has 0 spiro atoms. The maximum atomic E-state index is 13.3. The lowest BCUT2D eigenvalue weighted by atomic mass is 9.77. The molecule has 0 aromatic heterocycles. The van der Waals surface area contributed by atoms with Gasteiger partial charge in [0, 0.05) is 12.6 Å². The fraction of sp³-hybridized carbons (Fsp3) is 0.500. The first-order valence-electron chi connectivity index (χ1n) is 12.0. The van der Waals surface area contributed by atoms with Crippen molar-refractivity contribution < 1.29 is 41.0 Å². The van der Waals surface area contributed by atoms with Crippen molar-refractivity contribution >= 4 is 5.91 Å². The number of rotatable bonds is 7. The molecule has 1 aliphatic carbocycles. The number of nitrogens with one attached hydrogen (secondary N) is 2. The summed E-state index contributed by atoms with van der Waals surface area (Å²) in [6.45, 7) is 1.17. The van der Waals surface area contributed by atoms with Crippen LogP contribution in [0.5, 0.6) is 0 Å². The number of alkyl halides is 6. The zero-order valence-electron chi connectivity index (χ0n) is 20.0. The van der Waals surface area contributed by atoms with Crippen LogP contribution in [-0.2, 0) is 27.4 Å². The Bertz CT molecular complexity index is 1080. The van der Waals surface area contributed by atoms with Crippen molar-refractivity contribution in [1.82, 2.24) is 10.6 Å². The zero-order chi connectivity index (χ0) is 27.1. The summed E-state index contributed by atoms with van der Waals surface area (Å²) < 4.78 is 85.7. The summed E-state index contributed by atoms with van der Waals surface area (Å²) in [7, 11) is 0. The van der Waals surface area contributed by atoms with E-state index in [1.807, 2.05) is 12.1 Å². The second kappa shape index (κ2) is 9.92. The number of benzene rings is 2. The molecule has 1 saturated heterocycles. The Balaban J connectivity index is 1.55. The standard InChI is InChI=1S/C26H28F6N2O3/c1-16(17-11-19(25(27,28)29)13-20(12-17)26(30,31)32)37-15-23(18-5-3-2-4-6-18)9-10-24(36,14-33-23)22(35)34-21-7-8-21/h2-6,11-13,16,21,33,36H,7-10,14-15H2,1H3,(H,34,35)/t16-,23-,24?/m1/s1. The molecule has 1 unspecified atom stereocenters. The molecule has 2 aromatic rings. The molecule has 0 radical (unpaired) electrons.